The minimum Gasteiger partial charge on any atom is -0.338 e. The number of hydrogen-bond acceptors (Lipinski definition) is 5. The first-order valence-electron chi connectivity index (χ1n) is 10.8. The average Bonchev–Trinajstić information content (AvgIpc) is 3.24. The van der Waals surface area contributed by atoms with Gasteiger partial charge in [0.05, 0.1) is 11.3 Å². The lowest BCUT2D eigenvalue weighted by molar-refractivity contribution is 0.0642. The molecular weight excluding hydrogens is 362 g/mol. The highest BCUT2D eigenvalue weighted by atomic mass is 16.2. The van der Waals surface area contributed by atoms with Crippen LogP contribution in [-0.2, 0) is 6.42 Å². The summed E-state index contributed by atoms with van der Waals surface area (Å²) in [6.45, 7) is 6.74. The SMILES string of the molecule is CCCc1ncncc1C(=O)N1CCCC(C2NNCC2c2ccc(C)cc2)C1. The second-order valence-electron chi connectivity index (χ2n) is 8.35. The van der Waals surface area contributed by atoms with Crippen molar-refractivity contribution in [3.8, 4) is 0 Å². The molecule has 2 aliphatic rings. The van der Waals surface area contributed by atoms with E-state index in [2.05, 4.69) is 58.9 Å². The average molecular weight is 394 g/mol. The van der Waals surface area contributed by atoms with E-state index in [0.29, 0.717) is 23.4 Å². The second-order valence-corrected chi connectivity index (χ2v) is 8.35. The lowest BCUT2D eigenvalue weighted by Crippen LogP contribution is -2.48. The molecule has 3 heterocycles. The molecule has 3 unspecified atom stereocenters. The fourth-order valence-electron chi connectivity index (χ4n) is 4.73. The number of aryl methyl sites for hydroxylation is 2. The van der Waals surface area contributed by atoms with Gasteiger partial charge in [-0.15, -0.1) is 0 Å². The van der Waals surface area contributed by atoms with Gasteiger partial charge in [-0.1, -0.05) is 43.2 Å². The van der Waals surface area contributed by atoms with Crippen LogP contribution in [0.2, 0.25) is 0 Å². The molecule has 0 bridgehead atoms. The smallest absolute Gasteiger partial charge is 0.257 e. The number of nitrogens with zero attached hydrogens (tertiary/aromatic N) is 3. The fraction of sp³-hybridized carbons (Fsp3) is 0.522. The van der Waals surface area contributed by atoms with Crippen molar-refractivity contribution in [1.82, 2.24) is 25.7 Å². The molecule has 2 saturated heterocycles. The first-order valence-corrected chi connectivity index (χ1v) is 10.8. The summed E-state index contributed by atoms with van der Waals surface area (Å²) < 4.78 is 0. The summed E-state index contributed by atoms with van der Waals surface area (Å²) in [5, 5.41) is 0. The van der Waals surface area contributed by atoms with Crippen molar-refractivity contribution < 1.29 is 4.79 Å². The van der Waals surface area contributed by atoms with Crippen LogP contribution in [0.1, 0.15) is 59.3 Å². The number of carbonyl (C=O) groups is 1. The molecule has 0 aliphatic carbocycles. The van der Waals surface area contributed by atoms with E-state index in [-0.39, 0.29) is 5.91 Å². The third-order valence-corrected chi connectivity index (χ3v) is 6.29. The van der Waals surface area contributed by atoms with Gasteiger partial charge in [-0.25, -0.2) is 9.97 Å². The van der Waals surface area contributed by atoms with Gasteiger partial charge in [-0.05, 0) is 37.7 Å². The second kappa shape index (κ2) is 9.01. The van der Waals surface area contributed by atoms with Gasteiger partial charge in [0.1, 0.15) is 6.33 Å². The maximum Gasteiger partial charge on any atom is 0.257 e. The Morgan fingerprint density at radius 2 is 2.10 bits per heavy atom. The normalized spacial score (nSPS) is 24.6. The predicted molar refractivity (Wildman–Crippen MR) is 114 cm³/mol. The van der Waals surface area contributed by atoms with Gasteiger partial charge in [0.15, 0.2) is 0 Å². The van der Waals surface area contributed by atoms with E-state index in [0.717, 1.165) is 51.0 Å². The van der Waals surface area contributed by atoms with Crippen LogP contribution in [0.25, 0.3) is 0 Å². The van der Waals surface area contributed by atoms with Crippen LogP contribution < -0.4 is 10.9 Å². The number of nitrogens with one attached hydrogen (secondary N) is 2. The minimum absolute atomic E-state index is 0.0802. The van der Waals surface area contributed by atoms with Crippen LogP contribution in [0.5, 0.6) is 0 Å². The van der Waals surface area contributed by atoms with E-state index < -0.39 is 0 Å². The number of piperidine rings is 1. The largest absolute Gasteiger partial charge is 0.338 e. The zero-order valence-electron chi connectivity index (χ0n) is 17.4. The number of carbonyl (C=O) groups excluding carboxylic acids is 1. The Kier molecular flexibility index (Phi) is 6.21. The van der Waals surface area contributed by atoms with Crippen molar-refractivity contribution in [3.63, 3.8) is 0 Å². The van der Waals surface area contributed by atoms with E-state index in [4.69, 9.17) is 0 Å². The summed E-state index contributed by atoms with van der Waals surface area (Å²) >= 11 is 0. The van der Waals surface area contributed by atoms with Crippen molar-refractivity contribution in [2.75, 3.05) is 19.6 Å². The van der Waals surface area contributed by atoms with E-state index in [1.807, 2.05) is 4.90 Å². The molecular formula is C23H31N5O. The summed E-state index contributed by atoms with van der Waals surface area (Å²) in [6, 6.07) is 9.19. The predicted octanol–water partition coefficient (Wildman–Crippen LogP) is 2.85. The molecule has 4 rings (SSSR count). The first kappa shape index (κ1) is 20.0. The van der Waals surface area contributed by atoms with E-state index in [1.165, 1.54) is 11.1 Å². The van der Waals surface area contributed by atoms with Crippen LogP contribution >= 0.6 is 0 Å². The highest BCUT2D eigenvalue weighted by Gasteiger charge is 2.38. The number of amides is 1. The number of rotatable bonds is 5. The standard InChI is InChI=1S/C23H31N5O/c1-3-5-21-20(12-24-15-25-21)23(29)28-11-4-6-18(14-28)22-19(13-26-27-22)17-9-7-16(2)8-10-17/h7-10,12,15,18-19,22,26-27H,3-6,11,13-14H2,1-2H3. The minimum atomic E-state index is 0.0802. The van der Waals surface area contributed by atoms with Gasteiger partial charge in [0.2, 0.25) is 0 Å². The van der Waals surface area contributed by atoms with Crippen molar-refractivity contribution in [1.29, 1.82) is 0 Å². The molecule has 6 heteroatoms. The van der Waals surface area contributed by atoms with Gasteiger partial charge in [0, 0.05) is 37.8 Å². The lowest BCUT2D eigenvalue weighted by Gasteiger charge is -2.37. The summed E-state index contributed by atoms with van der Waals surface area (Å²) in [5.74, 6) is 0.927. The van der Waals surface area contributed by atoms with Crippen molar-refractivity contribution in [2.45, 2.75) is 51.5 Å². The number of hydrazine groups is 1. The third kappa shape index (κ3) is 4.33. The Bertz CT molecular complexity index is 837. The van der Waals surface area contributed by atoms with Gasteiger partial charge < -0.3 is 4.90 Å². The molecule has 2 fully saturated rings. The van der Waals surface area contributed by atoms with Crippen molar-refractivity contribution >= 4 is 5.91 Å². The van der Waals surface area contributed by atoms with E-state index in [9.17, 15) is 4.79 Å². The lowest BCUT2D eigenvalue weighted by atomic mass is 9.81. The third-order valence-electron chi connectivity index (χ3n) is 6.29. The maximum atomic E-state index is 13.3. The Labute approximate surface area is 173 Å². The van der Waals surface area contributed by atoms with Crippen LogP contribution in [0.3, 0.4) is 0 Å². The highest BCUT2D eigenvalue weighted by Crippen LogP contribution is 2.32. The maximum absolute atomic E-state index is 13.3. The molecule has 2 aromatic rings. The number of hydrogen-bond donors (Lipinski definition) is 2. The van der Waals surface area contributed by atoms with Gasteiger partial charge in [-0.2, -0.15) is 0 Å². The Hall–Kier alpha value is -2.31. The monoisotopic (exact) mass is 393 g/mol. The quantitative estimate of drug-likeness (QED) is 0.817. The van der Waals surface area contributed by atoms with E-state index in [1.54, 1.807) is 12.5 Å². The molecule has 0 spiro atoms. The fourth-order valence-corrected chi connectivity index (χ4v) is 4.73. The molecule has 2 aliphatic heterocycles. The van der Waals surface area contributed by atoms with Crippen LogP contribution in [0.15, 0.2) is 36.8 Å². The summed E-state index contributed by atoms with van der Waals surface area (Å²) in [6.07, 6.45) is 7.18. The van der Waals surface area contributed by atoms with Crippen molar-refractivity contribution in [3.05, 3.63) is 59.2 Å². The number of aromatic nitrogens is 2. The molecule has 1 amide bonds. The summed E-state index contributed by atoms with van der Waals surface area (Å²) in [4.78, 5) is 23.7. The first-order chi connectivity index (χ1) is 14.2. The van der Waals surface area contributed by atoms with Crippen molar-refractivity contribution in [2.24, 2.45) is 5.92 Å². The Morgan fingerprint density at radius 3 is 2.90 bits per heavy atom. The molecule has 6 nitrogen and oxygen atoms in total. The van der Waals surface area contributed by atoms with Gasteiger partial charge in [0.25, 0.3) is 5.91 Å². The van der Waals surface area contributed by atoms with Crippen LogP contribution in [0.4, 0.5) is 0 Å². The molecule has 2 N–H and O–H groups in total. The number of likely N-dealkylation sites (tertiary alicyclic amines) is 1. The molecule has 29 heavy (non-hydrogen) atoms. The molecule has 0 saturated carbocycles. The number of benzene rings is 1. The topological polar surface area (TPSA) is 70.2 Å². The molecule has 3 atom stereocenters. The van der Waals surface area contributed by atoms with E-state index >= 15 is 0 Å². The zero-order chi connectivity index (χ0) is 20.2. The zero-order valence-corrected chi connectivity index (χ0v) is 17.4. The molecule has 0 radical (unpaired) electrons. The summed E-state index contributed by atoms with van der Waals surface area (Å²) in [7, 11) is 0. The van der Waals surface area contributed by atoms with Gasteiger partial charge >= 0.3 is 0 Å². The Morgan fingerprint density at radius 1 is 1.28 bits per heavy atom. The van der Waals surface area contributed by atoms with Crippen LogP contribution in [0, 0.1) is 12.8 Å². The van der Waals surface area contributed by atoms with Crippen LogP contribution in [-0.4, -0.2) is 46.5 Å². The molecule has 1 aromatic carbocycles. The summed E-state index contributed by atoms with van der Waals surface area (Å²) in [5.41, 5.74) is 11.1. The molecule has 154 valence electrons. The highest BCUT2D eigenvalue weighted by molar-refractivity contribution is 5.95. The molecule has 1 aromatic heterocycles. The Balaban J connectivity index is 1.49. The van der Waals surface area contributed by atoms with Gasteiger partial charge in [-0.3, -0.25) is 15.6 Å².